The van der Waals surface area contributed by atoms with Crippen LogP contribution in [0, 0.1) is 0 Å². The predicted molar refractivity (Wildman–Crippen MR) is 130 cm³/mol. The number of nitrogens with zero attached hydrogens (tertiary/aromatic N) is 2. The SMILES string of the molecule is O=C(NCCCCC=C(c1ccccc1)c1ccccc1)NSN=Cc1cccnc1. The van der Waals surface area contributed by atoms with Crippen LogP contribution in [0.4, 0.5) is 4.79 Å². The molecule has 1 heterocycles. The first-order valence-corrected chi connectivity index (χ1v) is 11.0. The van der Waals surface area contributed by atoms with Crippen molar-refractivity contribution in [3.8, 4) is 0 Å². The van der Waals surface area contributed by atoms with Crippen LogP contribution in [0.15, 0.2) is 95.7 Å². The molecule has 31 heavy (non-hydrogen) atoms. The maximum absolute atomic E-state index is 11.8. The Balaban J connectivity index is 1.37. The quantitative estimate of drug-likeness (QED) is 0.248. The topological polar surface area (TPSA) is 66.4 Å². The van der Waals surface area contributed by atoms with E-state index in [2.05, 4.69) is 74.0 Å². The summed E-state index contributed by atoms with van der Waals surface area (Å²) in [5.74, 6) is 0. The highest BCUT2D eigenvalue weighted by atomic mass is 32.2. The van der Waals surface area contributed by atoms with Crippen LogP contribution in [0.2, 0.25) is 0 Å². The number of nitrogens with one attached hydrogen (secondary N) is 2. The number of hydrogen-bond donors (Lipinski definition) is 2. The van der Waals surface area contributed by atoms with E-state index < -0.39 is 0 Å². The van der Waals surface area contributed by atoms with Crippen LogP contribution in [0.25, 0.3) is 5.57 Å². The second-order valence-electron chi connectivity index (χ2n) is 6.82. The van der Waals surface area contributed by atoms with E-state index in [9.17, 15) is 4.79 Å². The summed E-state index contributed by atoms with van der Waals surface area (Å²) in [7, 11) is 0. The number of amides is 2. The molecule has 0 fully saturated rings. The molecule has 0 spiro atoms. The zero-order valence-electron chi connectivity index (χ0n) is 17.3. The molecule has 2 N–H and O–H groups in total. The molecule has 0 saturated heterocycles. The minimum Gasteiger partial charge on any atom is -0.337 e. The van der Waals surface area contributed by atoms with Gasteiger partial charge in [-0.25, -0.2) is 9.19 Å². The Morgan fingerprint density at radius 1 is 0.935 bits per heavy atom. The summed E-state index contributed by atoms with van der Waals surface area (Å²) in [6, 6.07) is 24.4. The fourth-order valence-corrected chi connectivity index (χ4v) is 3.38. The highest BCUT2D eigenvalue weighted by molar-refractivity contribution is 7.96. The summed E-state index contributed by atoms with van der Waals surface area (Å²) in [5, 5.41) is 2.86. The number of aromatic nitrogens is 1. The van der Waals surface area contributed by atoms with Gasteiger partial charge in [-0.15, -0.1) is 0 Å². The van der Waals surface area contributed by atoms with Crippen molar-refractivity contribution in [1.29, 1.82) is 0 Å². The lowest BCUT2D eigenvalue weighted by Crippen LogP contribution is -2.31. The van der Waals surface area contributed by atoms with E-state index in [0.29, 0.717) is 6.54 Å². The van der Waals surface area contributed by atoms with E-state index in [4.69, 9.17) is 0 Å². The maximum atomic E-state index is 11.8. The van der Waals surface area contributed by atoms with Crippen LogP contribution in [-0.4, -0.2) is 23.8 Å². The van der Waals surface area contributed by atoms with Crippen molar-refractivity contribution in [3.63, 3.8) is 0 Å². The molecule has 0 atom stereocenters. The molecular formula is C25H26N4OS. The Morgan fingerprint density at radius 3 is 2.29 bits per heavy atom. The molecule has 6 heteroatoms. The molecule has 0 unspecified atom stereocenters. The first-order valence-electron chi connectivity index (χ1n) is 10.3. The summed E-state index contributed by atoms with van der Waals surface area (Å²) in [5.41, 5.74) is 4.57. The van der Waals surface area contributed by atoms with Crippen molar-refractivity contribution in [2.75, 3.05) is 6.54 Å². The van der Waals surface area contributed by atoms with Crippen molar-refractivity contribution >= 4 is 30.0 Å². The van der Waals surface area contributed by atoms with E-state index in [1.54, 1.807) is 18.6 Å². The number of urea groups is 1. The van der Waals surface area contributed by atoms with Gasteiger partial charge in [-0.1, -0.05) is 72.8 Å². The van der Waals surface area contributed by atoms with Gasteiger partial charge >= 0.3 is 6.03 Å². The number of carbonyl (C=O) groups excluding carboxylic acids is 1. The predicted octanol–water partition coefficient (Wildman–Crippen LogP) is 5.67. The van der Waals surface area contributed by atoms with Gasteiger partial charge in [-0.05, 0) is 42.0 Å². The highest BCUT2D eigenvalue weighted by Crippen LogP contribution is 2.24. The van der Waals surface area contributed by atoms with Gasteiger partial charge < -0.3 is 5.32 Å². The van der Waals surface area contributed by atoms with E-state index in [1.807, 2.05) is 24.3 Å². The molecule has 2 aromatic carbocycles. The number of hydrogen-bond acceptors (Lipinski definition) is 4. The standard InChI is InChI=1S/C25H26N4OS/c30-25(29-31-28-20-21-11-10-17-26-19-21)27-18-9-3-8-16-24(22-12-4-1-5-13-22)23-14-6-2-7-15-23/h1-2,4-7,10-17,19-20H,3,8-9,18H2,(H2,27,29,30). The van der Waals surface area contributed by atoms with E-state index >= 15 is 0 Å². The number of unbranched alkanes of at least 4 members (excludes halogenated alkanes) is 2. The summed E-state index contributed by atoms with van der Waals surface area (Å²) >= 11 is 0.994. The zero-order chi connectivity index (χ0) is 21.6. The summed E-state index contributed by atoms with van der Waals surface area (Å²) < 4.78 is 6.73. The molecule has 1 aromatic heterocycles. The third-order valence-corrected chi connectivity index (χ3v) is 5.00. The van der Waals surface area contributed by atoms with Crippen LogP contribution in [0.3, 0.4) is 0 Å². The van der Waals surface area contributed by atoms with Gasteiger partial charge in [0.25, 0.3) is 0 Å². The molecule has 2 amide bonds. The van der Waals surface area contributed by atoms with Crippen molar-refractivity contribution in [2.45, 2.75) is 19.3 Å². The second-order valence-corrected chi connectivity index (χ2v) is 7.41. The molecule has 0 saturated carbocycles. The fraction of sp³-hybridized carbons (Fsp3) is 0.160. The third kappa shape index (κ3) is 8.10. The first kappa shape index (κ1) is 22.3. The second kappa shape index (κ2) is 13.0. The normalized spacial score (nSPS) is 10.6. The van der Waals surface area contributed by atoms with Crippen LogP contribution in [-0.2, 0) is 0 Å². The van der Waals surface area contributed by atoms with Gasteiger partial charge in [-0.3, -0.25) is 9.71 Å². The number of carbonyl (C=O) groups is 1. The van der Waals surface area contributed by atoms with Gasteiger partial charge in [0.2, 0.25) is 0 Å². The summed E-state index contributed by atoms with van der Waals surface area (Å²) in [6.07, 6.45) is 10.2. The maximum Gasteiger partial charge on any atom is 0.326 e. The lowest BCUT2D eigenvalue weighted by molar-refractivity contribution is 0.246. The number of rotatable bonds is 10. The van der Waals surface area contributed by atoms with Crippen molar-refractivity contribution < 1.29 is 4.79 Å². The third-order valence-electron chi connectivity index (χ3n) is 4.51. The number of benzene rings is 2. The molecule has 0 aliphatic heterocycles. The van der Waals surface area contributed by atoms with Crippen molar-refractivity contribution in [2.24, 2.45) is 4.40 Å². The Kier molecular flexibility index (Phi) is 9.38. The molecule has 0 bridgehead atoms. The minimum absolute atomic E-state index is 0.238. The first-order chi connectivity index (χ1) is 15.3. The van der Waals surface area contributed by atoms with Gasteiger partial charge in [0.1, 0.15) is 0 Å². The summed E-state index contributed by atoms with van der Waals surface area (Å²) in [6.45, 7) is 0.624. The fourth-order valence-electron chi connectivity index (χ4n) is 3.00. The Bertz CT molecular complexity index is 935. The lowest BCUT2D eigenvalue weighted by atomic mass is 9.96. The molecule has 3 aromatic rings. The van der Waals surface area contributed by atoms with Gasteiger partial charge in [0, 0.05) is 30.7 Å². The van der Waals surface area contributed by atoms with Crippen molar-refractivity contribution in [3.05, 3.63) is 108 Å². The van der Waals surface area contributed by atoms with Crippen LogP contribution >= 0.6 is 12.1 Å². The molecule has 5 nitrogen and oxygen atoms in total. The van der Waals surface area contributed by atoms with Crippen LogP contribution < -0.4 is 10.0 Å². The minimum atomic E-state index is -0.238. The largest absolute Gasteiger partial charge is 0.337 e. The average molecular weight is 431 g/mol. The number of pyridine rings is 1. The summed E-state index contributed by atoms with van der Waals surface area (Å²) in [4.78, 5) is 15.8. The Labute approximate surface area is 188 Å². The monoisotopic (exact) mass is 430 g/mol. The average Bonchev–Trinajstić information content (AvgIpc) is 2.83. The van der Waals surface area contributed by atoms with Crippen LogP contribution in [0.1, 0.15) is 36.0 Å². The smallest absolute Gasteiger partial charge is 0.326 e. The highest BCUT2D eigenvalue weighted by Gasteiger charge is 2.04. The van der Waals surface area contributed by atoms with Crippen LogP contribution in [0.5, 0.6) is 0 Å². The zero-order valence-corrected chi connectivity index (χ0v) is 18.1. The molecular weight excluding hydrogens is 404 g/mol. The Hall–Kier alpha value is -3.38. The molecule has 3 rings (SSSR count). The van der Waals surface area contributed by atoms with Crippen molar-refractivity contribution in [1.82, 2.24) is 15.0 Å². The van der Waals surface area contributed by atoms with Gasteiger partial charge in [0.15, 0.2) is 0 Å². The molecule has 158 valence electrons. The Morgan fingerprint density at radius 2 is 1.65 bits per heavy atom. The van der Waals surface area contributed by atoms with E-state index in [-0.39, 0.29) is 6.03 Å². The molecule has 0 aliphatic carbocycles. The molecule has 0 radical (unpaired) electrons. The van der Waals surface area contributed by atoms with Gasteiger partial charge in [-0.2, -0.15) is 0 Å². The lowest BCUT2D eigenvalue weighted by Gasteiger charge is -2.09. The van der Waals surface area contributed by atoms with E-state index in [1.165, 1.54) is 16.7 Å². The van der Waals surface area contributed by atoms with Gasteiger partial charge in [0.05, 0.1) is 12.1 Å². The van der Waals surface area contributed by atoms with E-state index in [0.717, 1.165) is 37.0 Å². The molecule has 0 aliphatic rings. The number of allylic oxidation sites excluding steroid dienone is 1.